The second-order valence-electron chi connectivity index (χ2n) is 9.63. The van der Waals surface area contributed by atoms with Crippen molar-refractivity contribution in [1.82, 2.24) is 10.2 Å². The van der Waals surface area contributed by atoms with E-state index in [0.29, 0.717) is 18.7 Å². The van der Waals surface area contributed by atoms with E-state index in [9.17, 15) is 9.59 Å². The minimum Gasteiger partial charge on any atom is -0.361 e. The van der Waals surface area contributed by atoms with E-state index in [1.54, 1.807) is 0 Å². The summed E-state index contributed by atoms with van der Waals surface area (Å²) < 4.78 is 0. The van der Waals surface area contributed by atoms with Crippen molar-refractivity contribution in [2.24, 2.45) is 0 Å². The Balaban J connectivity index is 1.27. The smallest absolute Gasteiger partial charge is 0.256 e. The average Bonchev–Trinajstić information content (AvgIpc) is 3.23. The standard InChI is InChI=1S/C33H33N3O2/c1-2-22-36-31(29-18-9-10-19-30(29)33(36)38)35-27-17-11-16-26(23-27)32(37)34-21-20-28(24-12-5-3-6-13-24)25-14-7-4-8-15-25/h3-19,23,28,31,35H,2,20-22H2,1H3,(H,34,37). The van der Waals surface area contributed by atoms with Gasteiger partial charge in [-0.25, -0.2) is 0 Å². The number of nitrogens with one attached hydrogen (secondary N) is 2. The fourth-order valence-electron chi connectivity index (χ4n) is 5.23. The topological polar surface area (TPSA) is 61.4 Å². The lowest BCUT2D eigenvalue weighted by Crippen LogP contribution is -2.33. The summed E-state index contributed by atoms with van der Waals surface area (Å²) in [6.45, 7) is 3.29. The zero-order valence-electron chi connectivity index (χ0n) is 21.6. The third-order valence-electron chi connectivity index (χ3n) is 7.07. The van der Waals surface area contributed by atoms with E-state index in [1.165, 1.54) is 11.1 Å². The number of fused-ring (bicyclic) bond motifs is 1. The number of nitrogens with zero attached hydrogens (tertiary/aromatic N) is 1. The predicted molar refractivity (Wildman–Crippen MR) is 152 cm³/mol. The molecule has 0 radical (unpaired) electrons. The molecule has 1 aliphatic heterocycles. The van der Waals surface area contributed by atoms with Crippen LogP contribution < -0.4 is 10.6 Å². The normalized spacial score (nSPS) is 14.4. The van der Waals surface area contributed by atoms with Crippen LogP contribution >= 0.6 is 0 Å². The molecule has 0 bridgehead atoms. The number of rotatable bonds is 10. The highest BCUT2D eigenvalue weighted by molar-refractivity contribution is 5.99. The van der Waals surface area contributed by atoms with Crippen LogP contribution in [-0.4, -0.2) is 29.8 Å². The van der Waals surface area contributed by atoms with E-state index in [2.05, 4.69) is 66.1 Å². The molecule has 0 aromatic heterocycles. The van der Waals surface area contributed by atoms with Crippen molar-refractivity contribution >= 4 is 17.5 Å². The van der Waals surface area contributed by atoms with Crippen LogP contribution in [0.15, 0.2) is 109 Å². The Hall–Kier alpha value is -4.38. The highest BCUT2D eigenvalue weighted by Crippen LogP contribution is 2.34. The monoisotopic (exact) mass is 503 g/mol. The van der Waals surface area contributed by atoms with Crippen molar-refractivity contribution in [3.05, 3.63) is 137 Å². The largest absolute Gasteiger partial charge is 0.361 e. The maximum atomic E-state index is 13.1. The Bertz CT molecular complexity index is 1350. The van der Waals surface area contributed by atoms with Gasteiger partial charge in [0.2, 0.25) is 0 Å². The summed E-state index contributed by atoms with van der Waals surface area (Å²) in [5, 5.41) is 6.61. The van der Waals surface area contributed by atoms with Crippen LogP contribution in [0.5, 0.6) is 0 Å². The van der Waals surface area contributed by atoms with Gasteiger partial charge in [-0.3, -0.25) is 9.59 Å². The van der Waals surface area contributed by atoms with Gasteiger partial charge in [-0.05, 0) is 48.2 Å². The average molecular weight is 504 g/mol. The first-order chi connectivity index (χ1) is 18.7. The van der Waals surface area contributed by atoms with Crippen LogP contribution in [0.2, 0.25) is 0 Å². The fraction of sp³-hybridized carbons (Fsp3) is 0.212. The quantitative estimate of drug-likeness (QED) is 0.256. The third kappa shape index (κ3) is 5.47. The van der Waals surface area contributed by atoms with E-state index >= 15 is 0 Å². The van der Waals surface area contributed by atoms with Crippen molar-refractivity contribution in [3.63, 3.8) is 0 Å². The Morgan fingerprint density at radius 2 is 1.50 bits per heavy atom. The molecule has 192 valence electrons. The maximum absolute atomic E-state index is 13.1. The predicted octanol–water partition coefficient (Wildman–Crippen LogP) is 6.62. The van der Waals surface area contributed by atoms with Crippen LogP contribution in [0.4, 0.5) is 5.69 Å². The lowest BCUT2D eigenvalue weighted by Gasteiger charge is -2.27. The summed E-state index contributed by atoms with van der Waals surface area (Å²) in [6.07, 6.45) is 1.41. The summed E-state index contributed by atoms with van der Waals surface area (Å²) in [5.41, 5.74) is 5.57. The minimum absolute atomic E-state index is 0.0419. The minimum atomic E-state index is -0.255. The highest BCUT2D eigenvalue weighted by atomic mass is 16.2. The molecule has 0 fully saturated rings. The maximum Gasteiger partial charge on any atom is 0.256 e. The molecule has 0 saturated heterocycles. The van der Waals surface area contributed by atoms with Crippen LogP contribution in [0.3, 0.4) is 0 Å². The number of carbonyl (C=O) groups excluding carboxylic acids is 2. The summed E-state index contributed by atoms with van der Waals surface area (Å²) in [4.78, 5) is 27.9. The molecule has 2 N–H and O–H groups in total. The Morgan fingerprint density at radius 1 is 0.842 bits per heavy atom. The number of benzene rings is 4. The molecule has 1 heterocycles. The van der Waals surface area contributed by atoms with E-state index < -0.39 is 0 Å². The lowest BCUT2D eigenvalue weighted by molar-refractivity contribution is 0.0742. The molecule has 4 aromatic rings. The van der Waals surface area contributed by atoms with Crippen LogP contribution in [0.25, 0.3) is 0 Å². The first kappa shape index (κ1) is 25.3. The molecule has 38 heavy (non-hydrogen) atoms. The molecule has 5 rings (SSSR count). The first-order valence-corrected chi connectivity index (χ1v) is 13.3. The second kappa shape index (κ2) is 11.8. The van der Waals surface area contributed by atoms with Gasteiger partial charge in [-0.15, -0.1) is 0 Å². The molecular formula is C33H33N3O2. The molecule has 4 aromatic carbocycles. The number of hydrogen-bond acceptors (Lipinski definition) is 3. The van der Waals surface area contributed by atoms with Gasteiger partial charge < -0.3 is 15.5 Å². The van der Waals surface area contributed by atoms with Crippen LogP contribution in [0, 0.1) is 0 Å². The van der Waals surface area contributed by atoms with E-state index in [0.717, 1.165) is 29.7 Å². The number of hydrogen-bond donors (Lipinski definition) is 2. The van der Waals surface area contributed by atoms with E-state index in [4.69, 9.17) is 0 Å². The second-order valence-corrected chi connectivity index (χ2v) is 9.63. The molecule has 0 saturated carbocycles. The molecule has 2 amide bonds. The molecule has 1 aliphatic rings. The summed E-state index contributed by atoms with van der Waals surface area (Å²) >= 11 is 0. The van der Waals surface area contributed by atoms with Gasteiger partial charge in [-0.2, -0.15) is 0 Å². The Morgan fingerprint density at radius 3 is 2.18 bits per heavy atom. The number of anilines is 1. The molecule has 1 atom stereocenters. The van der Waals surface area contributed by atoms with Gasteiger partial charge in [0.1, 0.15) is 6.17 Å². The Labute approximate surface area is 224 Å². The molecular weight excluding hydrogens is 470 g/mol. The van der Waals surface area contributed by atoms with Gasteiger partial charge in [0.25, 0.3) is 11.8 Å². The number of carbonyl (C=O) groups is 2. The molecule has 1 unspecified atom stereocenters. The summed E-state index contributed by atoms with van der Waals surface area (Å²) in [6, 6.07) is 36.1. The Kier molecular flexibility index (Phi) is 7.84. The fourth-order valence-corrected chi connectivity index (χ4v) is 5.23. The highest BCUT2D eigenvalue weighted by Gasteiger charge is 2.35. The summed E-state index contributed by atoms with van der Waals surface area (Å²) in [7, 11) is 0. The van der Waals surface area contributed by atoms with Gasteiger partial charge >= 0.3 is 0 Å². The van der Waals surface area contributed by atoms with Gasteiger partial charge in [0, 0.05) is 41.4 Å². The van der Waals surface area contributed by atoms with Crippen molar-refractivity contribution in [1.29, 1.82) is 0 Å². The van der Waals surface area contributed by atoms with E-state index in [-0.39, 0.29) is 23.9 Å². The first-order valence-electron chi connectivity index (χ1n) is 13.3. The number of amides is 2. The van der Waals surface area contributed by atoms with Crippen LogP contribution in [0.1, 0.15) is 69.3 Å². The third-order valence-corrected chi connectivity index (χ3v) is 7.07. The lowest BCUT2D eigenvalue weighted by atomic mass is 9.88. The zero-order chi connectivity index (χ0) is 26.3. The van der Waals surface area contributed by atoms with Gasteiger partial charge in [0.05, 0.1) is 0 Å². The van der Waals surface area contributed by atoms with Crippen molar-refractivity contribution in [2.45, 2.75) is 31.8 Å². The SMILES string of the molecule is CCCN1C(=O)c2ccccc2C1Nc1cccc(C(=O)NCCC(c2ccccc2)c2ccccc2)c1. The van der Waals surface area contributed by atoms with Gasteiger partial charge in [-0.1, -0.05) is 91.9 Å². The van der Waals surface area contributed by atoms with E-state index in [1.807, 2.05) is 65.6 Å². The van der Waals surface area contributed by atoms with Crippen molar-refractivity contribution < 1.29 is 9.59 Å². The molecule has 5 heteroatoms. The summed E-state index contributed by atoms with van der Waals surface area (Å²) in [5.74, 6) is 0.136. The van der Waals surface area contributed by atoms with Crippen molar-refractivity contribution in [3.8, 4) is 0 Å². The zero-order valence-corrected chi connectivity index (χ0v) is 21.6. The van der Waals surface area contributed by atoms with Crippen LogP contribution in [-0.2, 0) is 0 Å². The van der Waals surface area contributed by atoms with Gasteiger partial charge in [0.15, 0.2) is 0 Å². The molecule has 5 nitrogen and oxygen atoms in total. The molecule has 0 spiro atoms. The molecule has 0 aliphatic carbocycles. The van der Waals surface area contributed by atoms with Crippen molar-refractivity contribution in [2.75, 3.05) is 18.4 Å².